The SMILES string of the molecule is CCCNC(=O)[C@H](C)N(Cc1ccccc1)C(=O)CCc1ccc2c(c1)OCO2. The van der Waals surface area contributed by atoms with Gasteiger partial charge in [-0.15, -0.1) is 0 Å². The molecule has 1 heterocycles. The summed E-state index contributed by atoms with van der Waals surface area (Å²) in [4.78, 5) is 27.2. The minimum atomic E-state index is -0.536. The fourth-order valence-electron chi connectivity index (χ4n) is 3.25. The lowest BCUT2D eigenvalue weighted by Crippen LogP contribution is -2.47. The Balaban J connectivity index is 1.68. The number of amides is 2. The van der Waals surface area contributed by atoms with Crippen LogP contribution >= 0.6 is 0 Å². The molecule has 154 valence electrons. The maximum absolute atomic E-state index is 13.1. The van der Waals surface area contributed by atoms with Crippen molar-refractivity contribution in [2.75, 3.05) is 13.3 Å². The zero-order valence-electron chi connectivity index (χ0n) is 17.0. The van der Waals surface area contributed by atoms with E-state index in [1.54, 1.807) is 11.8 Å². The number of benzene rings is 2. The molecule has 2 aromatic rings. The number of fused-ring (bicyclic) bond motifs is 1. The molecule has 0 fully saturated rings. The summed E-state index contributed by atoms with van der Waals surface area (Å²) in [6, 6.07) is 14.9. The fraction of sp³-hybridized carbons (Fsp3) is 0.391. The van der Waals surface area contributed by atoms with Gasteiger partial charge in [0.25, 0.3) is 0 Å². The van der Waals surface area contributed by atoms with Gasteiger partial charge < -0.3 is 19.7 Å². The second kappa shape index (κ2) is 9.96. The van der Waals surface area contributed by atoms with Gasteiger partial charge in [0.15, 0.2) is 11.5 Å². The molecular weight excluding hydrogens is 368 g/mol. The van der Waals surface area contributed by atoms with Gasteiger partial charge in [-0.1, -0.05) is 43.3 Å². The van der Waals surface area contributed by atoms with E-state index >= 15 is 0 Å². The Hall–Kier alpha value is -3.02. The molecule has 1 aliphatic rings. The molecule has 1 atom stereocenters. The Morgan fingerprint density at radius 3 is 2.59 bits per heavy atom. The van der Waals surface area contributed by atoms with Crippen LogP contribution in [0.2, 0.25) is 0 Å². The quantitative estimate of drug-likeness (QED) is 0.706. The van der Waals surface area contributed by atoms with Crippen LogP contribution < -0.4 is 14.8 Å². The molecule has 6 nitrogen and oxygen atoms in total. The van der Waals surface area contributed by atoms with Crippen LogP contribution in [0.15, 0.2) is 48.5 Å². The van der Waals surface area contributed by atoms with E-state index in [1.807, 2.05) is 55.5 Å². The van der Waals surface area contributed by atoms with Crippen LogP contribution in [-0.4, -0.2) is 36.1 Å². The van der Waals surface area contributed by atoms with E-state index in [9.17, 15) is 9.59 Å². The summed E-state index contributed by atoms with van der Waals surface area (Å²) >= 11 is 0. The second-order valence-electron chi connectivity index (χ2n) is 7.16. The van der Waals surface area contributed by atoms with Crippen molar-refractivity contribution < 1.29 is 19.1 Å². The molecule has 1 N–H and O–H groups in total. The highest BCUT2D eigenvalue weighted by atomic mass is 16.7. The van der Waals surface area contributed by atoms with E-state index in [0.29, 0.717) is 31.7 Å². The third-order valence-corrected chi connectivity index (χ3v) is 4.98. The first-order chi connectivity index (χ1) is 14.1. The number of rotatable bonds is 9. The van der Waals surface area contributed by atoms with E-state index in [-0.39, 0.29) is 18.6 Å². The summed E-state index contributed by atoms with van der Waals surface area (Å²) in [5.74, 6) is 1.26. The van der Waals surface area contributed by atoms with Gasteiger partial charge in [-0.3, -0.25) is 9.59 Å². The highest BCUT2D eigenvalue weighted by molar-refractivity contribution is 5.87. The molecule has 29 heavy (non-hydrogen) atoms. The van der Waals surface area contributed by atoms with Gasteiger partial charge in [0.05, 0.1) is 0 Å². The normalized spacial score (nSPS) is 13.0. The van der Waals surface area contributed by atoms with E-state index in [1.165, 1.54) is 0 Å². The number of hydrogen-bond donors (Lipinski definition) is 1. The zero-order valence-corrected chi connectivity index (χ0v) is 17.0. The van der Waals surface area contributed by atoms with E-state index in [0.717, 1.165) is 23.3 Å². The summed E-state index contributed by atoms with van der Waals surface area (Å²) in [6.45, 7) is 5.03. The summed E-state index contributed by atoms with van der Waals surface area (Å²) in [6.07, 6.45) is 1.75. The highest BCUT2D eigenvalue weighted by Gasteiger charge is 2.25. The number of hydrogen-bond acceptors (Lipinski definition) is 4. The van der Waals surface area contributed by atoms with Crippen molar-refractivity contribution in [3.05, 3.63) is 59.7 Å². The molecule has 0 bridgehead atoms. The number of carbonyl (C=O) groups is 2. The molecule has 6 heteroatoms. The molecule has 0 unspecified atom stereocenters. The van der Waals surface area contributed by atoms with Crippen molar-refractivity contribution in [1.29, 1.82) is 0 Å². The van der Waals surface area contributed by atoms with Crippen molar-refractivity contribution in [1.82, 2.24) is 10.2 Å². The van der Waals surface area contributed by atoms with Gasteiger partial charge in [-0.05, 0) is 43.0 Å². The van der Waals surface area contributed by atoms with Crippen LogP contribution in [0.25, 0.3) is 0 Å². The van der Waals surface area contributed by atoms with Crippen LogP contribution in [-0.2, 0) is 22.6 Å². The average Bonchev–Trinajstić information content (AvgIpc) is 3.22. The van der Waals surface area contributed by atoms with E-state index in [4.69, 9.17) is 9.47 Å². The summed E-state index contributed by atoms with van der Waals surface area (Å²) in [5, 5.41) is 2.89. The maximum atomic E-state index is 13.1. The standard InChI is InChI=1S/C23H28N2O4/c1-3-13-24-23(27)17(2)25(15-19-7-5-4-6-8-19)22(26)12-10-18-9-11-20-21(14-18)29-16-28-20/h4-9,11,14,17H,3,10,12-13,15-16H2,1-2H3,(H,24,27)/t17-/m0/s1. The lowest BCUT2D eigenvalue weighted by Gasteiger charge is -2.29. The predicted octanol–water partition coefficient (Wildman–Crippen LogP) is 3.29. The molecule has 2 aromatic carbocycles. The van der Waals surface area contributed by atoms with E-state index in [2.05, 4.69) is 5.32 Å². The summed E-state index contributed by atoms with van der Waals surface area (Å²) in [7, 11) is 0. The molecule has 0 aliphatic carbocycles. The van der Waals surface area contributed by atoms with Gasteiger partial charge in [0.1, 0.15) is 6.04 Å². The topological polar surface area (TPSA) is 67.9 Å². The van der Waals surface area contributed by atoms with Crippen molar-refractivity contribution >= 4 is 11.8 Å². The number of aryl methyl sites for hydroxylation is 1. The average molecular weight is 396 g/mol. The van der Waals surface area contributed by atoms with Crippen LogP contribution in [0.4, 0.5) is 0 Å². The second-order valence-corrected chi connectivity index (χ2v) is 7.16. The molecule has 2 amide bonds. The Labute approximate surface area is 171 Å². The minimum Gasteiger partial charge on any atom is -0.454 e. The first-order valence-corrected chi connectivity index (χ1v) is 10.1. The summed E-state index contributed by atoms with van der Waals surface area (Å²) < 4.78 is 10.7. The maximum Gasteiger partial charge on any atom is 0.242 e. The molecular formula is C23H28N2O4. The molecule has 0 radical (unpaired) electrons. The predicted molar refractivity (Wildman–Crippen MR) is 111 cm³/mol. The Morgan fingerprint density at radius 2 is 1.83 bits per heavy atom. The first-order valence-electron chi connectivity index (χ1n) is 10.1. The number of carbonyl (C=O) groups excluding carboxylic acids is 2. The van der Waals surface area contributed by atoms with Crippen LogP contribution in [0.1, 0.15) is 37.8 Å². The van der Waals surface area contributed by atoms with Crippen LogP contribution in [0.5, 0.6) is 11.5 Å². The number of nitrogens with one attached hydrogen (secondary N) is 1. The third kappa shape index (κ3) is 5.50. The van der Waals surface area contributed by atoms with Gasteiger partial charge in [0.2, 0.25) is 18.6 Å². The van der Waals surface area contributed by atoms with Gasteiger partial charge in [0, 0.05) is 19.5 Å². The third-order valence-electron chi connectivity index (χ3n) is 4.98. The molecule has 0 spiro atoms. The van der Waals surface area contributed by atoms with Gasteiger partial charge in [-0.2, -0.15) is 0 Å². The lowest BCUT2D eigenvalue weighted by molar-refractivity contribution is -0.140. The Morgan fingerprint density at radius 1 is 1.07 bits per heavy atom. The smallest absolute Gasteiger partial charge is 0.242 e. The van der Waals surface area contributed by atoms with Crippen molar-refractivity contribution in [2.24, 2.45) is 0 Å². The Kier molecular flexibility index (Phi) is 7.11. The largest absolute Gasteiger partial charge is 0.454 e. The van der Waals surface area contributed by atoms with E-state index < -0.39 is 6.04 Å². The molecule has 1 aliphatic heterocycles. The van der Waals surface area contributed by atoms with Crippen LogP contribution in [0, 0.1) is 0 Å². The van der Waals surface area contributed by atoms with Crippen LogP contribution in [0.3, 0.4) is 0 Å². The van der Waals surface area contributed by atoms with Gasteiger partial charge >= 0.3 is 0 Å². The number of ether oxygens (including phenoxy) is 2. The highest BCUT2D eigenvalue weighted by Crippen LogP contribution is 2.32. The molecule has 3 rings (SSSR count). The first kappa shape index (κ1) is 20.7. The summed E-state index contributed by atoms with van der Waals surface area (Å²) in [5.41, 5.74) is 2.00. The van der Waals surface area contributed by atoms with Crippen molar-refractivity contribution in [3.63, 3.8) is 0 Å². The molecule has 0 aromatic heterocycles. The van der Waals surface area contributed by atoms with Crippen molar-refractivity contribution in [3.8, 4) is 11.5 Å². The lowest BCUT2D eigenvalue weighted by atomic mass is 10.1. The molecule has 0 saturated heterocycles. The number of nitrogens with zero attached hydrogens (tertiary/aromatic N) is 1. The fourth-order valence-corrected chi connectivity index (χ4v) is 3.25. The zero-order chi connectivity index (χ0) is 20.6. The molecule has 0 saturated carbocycles. The minimum absolute atomic E-state index is 0.0503. The van der Waals surface area contributed by atoms with Crippen molar-refractivity contribution in [2.45, 2.75) is 45.7 Å². The van der Waals surface area contributed by atoms with Gasteiger partial charge in [-0.25, -0.2) is 0 Å². The monoisotopic (exact) mass is 396 g/mol. The Bertz CT molecular complexity index is 838.